The molecule has 0 atom stereocenters. The Morgan fingerprint density at radius 1 is 0.812 bits per heavy atom. The Balaban J connectivity index is 1.49. The van der Waals surface area contributed by atoms with Gasteiger partial charge in [-0.1, -0.05) is 12.1 Å². The molecule has 0 aliphatic carbocycles. The van der Waals surface area contributed by atoms with E-state index in [2.05, 4.69) is 20.3 Å². The van der Waals surface area contributed by atoms with Crippen molar-refractivity contribution >= 4 is 23.1 Å². The first kappa shape index (κ1) is 20.9. The van der Waals surface area contributed by atoms with Crippen molar-refractivity contribution in [3.05, 3.63) is 78.6 Å². The summed E-state index contributed by atoms with van der Waals surface area (Å²) >= 11 is 0. The Morgan fingerprint density at radius 3 is 2.22 bits per heavy atom. The zero-order chi connectivity index (χ0) is 22.7. The van der Waals surface area contributed by atoms with Gasteiger partial charge in [0.25, 0.3) is 0 Å². The molecular formula is C22H17F3N6O. The molecular weight excluding hydrogens is 421 g/mol. The Bertz CT molecular complexity index is 1230. The summed E-state index contributed by atoms with van der Waals surface area (Å²) in [5, 5.41) is 3.12. The first-order valence-corrected chi connectivity index (χ1v) is 9.35. The minimum atomic E-state index is -4.54. The molecule has 0 spiro atoms. The molecule has 0 aliphatic rings. The van der Waals surface area contributed by atoms with Crippen LogP contribution in [-0.2, 0) is 6.18 Å². The number of nitrogens with one attached hydrogen (secondary N) is 1. The van der Waals surface area contributed by atoms with E-state index < -0.39 is 11.9 Å². The van der Waals surface area contributed by atoms with E-state index in [1.54, 1.807) is 42.5 Å². The summed E-state index contributed by atoms with van der Waals surface area (Å²) in [6.07, 6.45) is -3.50. The van der Waals surface area contributed by atoms with Gasteiger partial charge in [-0.05, 0) is 42.5 Å². The second kappa shape index (κ2) is 8.42. The molecule has 0 radical (unpaired) electrons. The lowest BCUT2D eigenvalue weighted by Gasteiger charge is -2.11. The molecule has 2 aromatic heterocycles. The molecule has 0 amide bonds. The molecule has 0 aliphatic heterocycles. The predicted octanol–water partition coefficient (Wildman–Crippen LogP) is 5.26. The predicted molar refractivity (Wildman–Crippen MR) is 115 cm³/mol. The van der Waals surface area contributed by atoms with Crippen LogP contribution in [0, 0.1) is 0 Å². The van der Waals surface area contributed by atoms with Crippen LogP contribution in [-0.4, -0.2) is 15.0 Å². The van der Waals surface area contributed by atoms with Gasteiger partial charge >= 0.3 is 6.18 Å². The van der Waals surface area contributed by atoms with Crippen LogP contribution < -0.4 is 21.5 Å². The molecule has 0 fully saturated rings. The summed E-state index contributed by atoms with van der Waals surface area (Å²) in [4.78, 5) is 11.7. The molecule has 2 aromatic carbocycles. The van der Waals surface area contributed by atoms with Crippen LogP contribution in [0.4, 0.5) is 36.3 Å². The van der Waals surface area contributed by atoms with E-state index >= 15 is 0 Å². The van der Waals surface area contributed by atoms with E-state index in [9.17, 15) is 13.2 Å². The number of benzene rings is 2. The molecule has 7 nitrogen and oxygen atoms in total. The Labute approximate surface area is 180 Å². The molecule has 10 heteroatoms. The highest BCUT2D eigenvalue weighted by atomic mass is 19.4. The largest absolute Gasteiger partial charge is 0.457 e. The first-order chi connectivity index (χ1) is 15.3. The van der Waals surface area contributed by atoms with Crippen LogP contribution in [0.3, 0.4) is 0 Å². The maximum atomic E-state index is 12.8. The monoisotopic (exact) mass is 438 g/mol. The third-order valence-electron chi connectivity index (χ3n) is 4.33. The van der Waals surface area contributed by atoms with Crippen LogP contribution in [0.5, 0.6) is 11.5 Å². The maximum Gasteiger partial charge on any atom is 0.433 e. The van der Waals surface area contributed by atoms with Gasteiger partial charge < -0.3 is 21.5 Å². The van der Waals surface area contributed by atoms with Crippen molar-refractivity contribution in [2.75, 3.05) is 16.8 Å². The zero-order valence-corrected chi connectivity index (χ0v) is 16.5. The number of nitrogens with zero attached hydrogens (tertiary/aromatic N) is 3. The third-order valence-corrected chi connectivity index (χ3v) is 4.33. The standard InChI is InChI=1S/C22H17F3N6O/c23-22(24,25)19-11-17(9-10-28-19)32-16-7-5-15(6-8-16)29-20-12-18(30-21(27)31-20)13-1-3-14(26)4-2-13/h1-12H,26H2,(H3,27,29,30,31). The molecule has 4 aromatic rings. The highest BCUT2D eigenvalue weighted by molar-refractivity contribution is 5.68. The summed E-state index contributed by atoms with van der Waals surface area (Å²) in [7, 11) is 0. The van der Waals surface area contributed by atoms with Gasteiger partial charge in [-0.15, -0.1) is 0 Å². The maximum absolute atomic E-state index is 12.8. The number of ether oxygens (including phenoxy) is 1. The normalized spacial score (nSPS) is 11.2. The average Bonchev–Trinajstić information content (AvgIpc) is 2.75. The van der Waals surface area contributed by atoms with Gasteiger partial charge in [0, 0.05) is 35.3 Å². The SMILES string of the molecule is Nc1ccc(-c2cc(Nc3ccc(Oc4ccnc(C(F)(F)F)c4)cc3)nc(N)n2)cc1. The fourth-order valence-electron chi connectivity index (χ4n) is 2.85. The lowest BCUT2D eigenvalue weighted by Crippen LogP contribution is -2.07. The number of nitrogens with two attached hydrogens (primary N) is 2. The Morgan fingerprint density at radius 2 is 1.53 bits per heavy atom. The van der Waals surface area contributed by atoms with E-state index in [1.807, 2.05) is 12.1 Å². The molecule has 2 heterocycles. The summed E-state index contributed by atoms with van der Waals surface area (Å²) < 4.78 is 43.9. The highest BCUT2D eigenvalue weighted by Gasteiger charge is 2.32. The molecule has 0 unspecified atom stereocenters. The van der Waals surface area contributed by atoms with Gasteiger partial charge in [0.1, 0.15) is 23.0 Å². The van der Waals surface area contributed by atoms with Crippen LogP contribution in [0.1, 0.15) is 5.69 Å². The lowest BCUT2D eigenvalue weighted by atomic mass is 10.1. The molecule has 0 saturated carbocycles. The van der Waals surface area contributed by atoms with Crippen molar-refractivity contribution in [3.63, 3.8) is 0 Å². The quantitative estimate of drug-likeness (QED) is 0.365. The van der Waals surface area contributed by atoms with Crippen molar-refractivity contribution in [1.29, 1.82) is 0 Å². The second-order valence-corrected chi connectivity index (χ2v) is 6.74. The van der Waals surface area contributed by atoms with Crippen LogP contribution >= 0.6 is 0 Å². The van der Waals surface area contributed by atoms with Crippen molar-refractivity contribution in [2.24, 2.45) is 0 Å². The molecule has 0 bridgehead atoms. The Hall–Kier alpha value is -4.34. The fourth-order valence-corrected chi connectivity index (χ4v) is 2.85. The van der Waals surface area contributed by atoms with E-state index in [4.69, 9.17) is 16.2 Å². The van der Waals surface area contributed by atoms with Crippen LogP contribution in [0.15, 0.2) is 72.9 Å². The average molecular weight is 438 g/mol. The molecule has 162 valence electrons. The van der Waals surface area contributed by atoms with E-state index in [-0.39, 0.29) is 11.7 Å². The first-order valence-electron chi connectivity index (χ1n) is 9.35. The summed E-state index contributed by atoms with van der Waals surface area (Å²) in [5.41, 5.74) is 13.3. The number of halogens is 3. The van der Waals surface area contributed by atoms with Crippen LogP contribution in [0.25, 0.3) is 11.3 Å². The second-order valence-electron chi connectivity index (χ2n) is 6.74. The van der Waals surface area contributed by atoms with Gasteiger partial charge in [0.2, 0.25) is 5.95 Å². The van der Waals surface area contributed by atoms with Crippen molar-refractivity contribution in [3.8, 4) is 22.8 Å². The van der Waals surface area contributed by atoms with E-state index in [0.717, 1.165) is 17.8 Å². The summed E-state index contributed by atoms with van der Waals surface area (Å²) in [6.45, 7) is 0. The fraction of sp³-hybridized carbons (Fsp3) is 0.0455. The third kappa shape index (κ3) is 5.04. The zero-order valence-electron chi connectivity index (χ0n) is 16.5. The number of aromatic nitrogens is 3. The minimum absolute atomic E-state index is 0.0322. The highest BCUT2D eigenvalue weighted by Crippen LogP contribution is 2.31. The summed E-state index contributed by atoms with van der Waals surface area (Å²) in [5.74, 6) is 0.964. The van der Waals surface area contributed by atoms with Crippen molar-refractivity contribution in [1.82, 2.24) is 15.0 Å². The number of alkyl halides is 3. The smallest absolute Gasteiger partial charge is 0.433 e. The molecule has 5 N–H and O–H groups in total. The molecule has 32 heavy (non-hydrogen) atoms. The van der Waals surface area contributed by atoms with E-state index in [1.165, 1.54) is 6.07 Å². The Kier molecular flexibility index (Phi) is 5.50. The van der Waals surface area contributed by atoms with Crippen molar-refractivity contribution < 1.29 is 17.9 Å². The number of anilines is 4. The number of hydrogen-bond acceptors (Lipinski definition) is 7. The van der Waals surface area contributed by atoms with Gasteiger partial charge in [-0.2, -0.15) is 18.2 Å². The number of hydrogen-bond donors (Lipinski definition) is 3. The summed E-state index contributed by atoms with van der Waals surface area (Å²) in [6, 6.07) is 17.7. The minimum Gasteiger partial charge on any atom is -0.457 e. The van der Waals surface area contributed by atoms with E-state index in [0.29, 0.717) is 28.6 Å². The van der Waals surface area contributed by atoms with Gasteiger partial charge in [0.15, 0.2) is 0 Å². The number of pyridine rings is 1. The number of nitrogen functional groups attached to an aromatic ring is 2. The van der Waals surface area contributed by atoms with Gasteiger partial charge in [-0.25, -0.2) is 4.98 Å². The molecule has 0 saturated heterocycles. The lowest BCUT2D eigenvalue weighted by molar-refractivity contribution is -0.141. The number of rotatable bonds is 5. The van der Waals surface area contributed by atoms with Gasteiger partial charge in [-0.3, -0.25) is 4.98 Å². The molecule has 4 rings (SSSR count). The van der Waals surface area contributed by atoms with Crippen LogP contribution in [0.2, 0.25) is 0 Å². The van der Waals surface area contributed by atoms with Gasteiger partial charge in [0.05, 0.1) is 5.69 Å². The van der Waals surface area contributed by atoms with Crippen molar-refractivity contribution in [2.45, 2.75) is 6.18 Å². The topological polar surface area (TPSA) is 112 Å².